The quantitative estimate of drug-likeness (QED) is 0.0442. The molecule has 0 fully saturated rings. The average molecular weight is 700 g/mol. The average Bonchev–Trinajstić information content (AvgIpc) is 3.12. The molecule has 292 valence electrons. The van der Waals surface area contributed by atoms with Crippen molar-refractivity contribution in [2.75, 3.05) is 6.61 Å². The van der Waals surface area contributed by atoms with Crippen LogP contribution in [0.2, 0.25) is 0 Å². The van der Waals surface area contributed by atoms with E-state index in [9.17, 15) is 15.0 Å². The Morgan fingerprint density at radius 2 is 0.780 bits per heavy atom. The van der Waals surface area contributed by atoms with Gasteiger partial charge in [-0.05, 0) is 70.6 Å². The molecule has 4 heteroatoms. The lowest BCUT2D eigenvalue weighted by Crippen LogP contribution is -2.45. The second kappa shape index (κ2) is 41.8. The molecule has 0 saturated carbocycles. The van der Waals surface area contributed by atoms with Gasteiger partial charge in [0, 0.05) is 6.42 Å². The molecular formula is C46H85NO3. The number of amides is 1. The summed E-state index contributed by atoms with van der Waals surface area (Å²) in [6.07, 6.45) is 56.4. The molecular weight excluding hydrogens is 615 g/mol. The van der Waals surface area contributed by atoms with Gasteiger partial charge in [0.1, 0.15) is 0 Å². The van der Waals surface area contributed by atoms with Crippen LogP contribution in [0.15, 0.2) is 48.6 Å². The Bertz CT molecular complexity index is 801. The summed E-state index contributed by atoms with van der Waals surface area (Å²) < 4.78 is 0. The molecule has 0 aromatic carbocycles. The molecule has 0 aromatic rings. The number of allylic oxidation sites excluding steroid dienone is 7. The highest BCUT2D eigenvalue weighted by Gasteiger charge is 2.17. The molecule has 2 atom stereocenters. The van der Waals surface area contributed by atoms with Crippen LogP contribution in [0.3, 0.4) is 0 Å². The van der Waals surface area contributed by atoms with Crippen LogP contribution in [-0.4, -0.2) is 34.9 Å². The molecule has 0 aliphatic carbocycles. The van der Waals surface area contributed by atoms with Gasteiger partial charge in [0.05, 0.1) is 18.8 Å². The highest BCUT2D eigenvalue weighted by Crippen LogP contribution is 2.13. The Morgan fingerprint density at radius 3 is 1.16 bits per heavy atom. The third-order valence-electron chi connectivity index (χ3n) is 9.76. The van der Waals surface area contributed by atoms with Gasteiger partial charge in [0.15, 0.2) is 0 Å². The van der Waals surface area contributed by atoms with E-state index < -0.39 is 12.1 Å². The van der Waals surface area contributed by atoms with Crippen LogP contribution in [-0.2, 0) is 4.79 Å². The minimum absolute atomic E-state index is 0.0809. The molecule has 0 rings (SSSR count). The zero-order chi connectivity index (χ0) is 36.4. The maximum absolute atomic E-state index is 12.4. The van der Waals surface area contributed by atoms with E-state index >= 15 is 0 Å². The number of carbonyl (C=O) groups is 1. The monoisotopic (exact) mass is 700 g/mol. The third kappa shape index (κ3) is 37.6. The Kier molecular flexibility index (Phi) is 40.4. The fraction of sp³-hybridized carbons (Fsp3) is 0.804. The van der Waals surface area contributed by atoms with Crippen LogP contribution < -0.4 is 5.32 Å². The van der Waals surface area contributed by atoms with Gasteiger partial charge in [0.2, 0.25) is 5.91 Å². The molecule has 0 radical (unpaired) electrons. The van der Waals surface area contributed by atoms with E-state index in [1.165, 1.54) is 161 Å². The molecule has 0 heterocycles. The van der Waals surface area contributed by atoms with Gasteiger partial charge >= 0.3 is 0 Å². The fourth-order valence-electron chi connectivity index (χ4n) is 6.38. The Morgan fingerprint density at radius 1 is 0.460 bits per heavy atom. The Hall–Kier alpha value is -1.65. The first kappa shape index (κ1) is 48.3. The second-order valence-electron chi connectivity index (χ2n) is 14.7. The molecule has 0 bridgehead atoms. The summed E-state index contributed by atoms with van der Waals surface area (Å²) in [5.74, 6) is -0.0809. The largest absolute Gasteiger partial charge is 0.394 e. The number of unbranched alkanes of at least 4 members (excludes halogenated alkanes) is 26. The maximum atomic E-state index is 12.4. The highest BCUT2D eigenvalue weighted by atomic mass is 16.3. The number of rotatable bonds is 39. The molecule has 0 aliphatic rings. The number of aliphatic hydroxyl groups is 2. The second-order valence-corrected chi connectivity index (χ2v) is 14.7. The molecule has 0 saturated heterocycles. The lowest BCUT2D eigenvalue weighted by Gasteiger charge is -2.19. The lowest BCUT2D eigenvalue weighted by atomic mass is 10.0. The number of hydrogen-bond acceptors (Lipinski definition) is 3. The Labute approximate surface area is 312 Å². The summed E-state index contributed by atoms with van der Waals surface area (Å²) in [4.78, 5) is 12.4. The van der Waals surface area contributed by atoms with E-state index in [1.54, 1.807) is 6.08 Å². The van der Waals surface area contributed by atoms with E-state index in [1.807, 2.05) is 6.08 Å². The maximum Gasteiger partial charge on any atom is 0.220 e. The van der Waals surface area contributed by atoms with E-state index in [0.717, 1.165) is 38.5 Å². The zero-order valence-corrected chi connectivity index (χ0v) is 33.4. The fourth-order valence-corrected chi connectivity index (χ4v) is 6.38. The summed E-state index contributed by atoms with van der Waals surface area (Å²) >= 11 is 0. The normalized spacial score (nSPS) is 13.4. The van der Waals surface area contributed by atoms with Crippen molar-refractivity contribution in [3.8, 4) is 0 Å². The van der Waals surface area contributed by atoms with Crippen molar-refractivity contribution in [1.82, 2.24) is 5.32 Å². The van der Waals surface area contributed by atoms with Crippen molar-refractivity contribution in [2.45, 2.75) is 231 Å². The van der Waals surface area contributed by atoms with Gasteiger partial charge in [-0.3, -0.25) is 4.79 Å². The first-order valence-corrected chi connectivity index (χ1v) is 21.9. The van der Waals surface area contributed by atoms with Crippen LogP contribution in [0.4, 0.5) is 0 Å². The molecule has 0 aromatic heterocycles. The predicted molar refractivity (Wildman–Crippen MR) is 221 cm³/mol. The van der Waals surface area contributed by atoms with Crippen molar-refractivity contribution in [2.24, 2.45) is 0 Å². The first-order valence-electron chi connectivity index (χ1n) is 21.9. The number of carbonyl (C=O) groups excluding carboxylic acids is 1. The third-order valence-corrected chi connectivity index (χ3v) is 9.76. The van der Waals surface area contributed by atoms with E-state index in [-0.39, 0.29) is 12.5 Å². The van der Waals surface area contributed by atoms with Gasteiger partial charge < -0.3 is 15.5 Å². The van der Waals surface area contributed by atoms with Gasteiger partial charge in [-0.1, -0.05) is 191 Å². The van der Waals surface area contributed by atoms with E-state index in [0.29, 0.717) is 6.42 Å². The van der Waals surface area contributed by atoms with Gasteiger partial charge in [0.25, 0.3) is 0 Å². The SMILES string of the molecule is CCCCCCCC/C=C\CCCCCCCCCCCC(=O)NC(CO)C(O)/C=C/CC/C=C/CC/C=C/CCCCCCCCCCC. The molecule has 3 N–H and O–H groups in total. The van der Waals surface area contributed by atoms with Crippen molar-refractivity contribution in [1.29, 1.82) is 0 Å². The molecule has 50 heavy (non-hydrogen) atoms. The number of hydrogen-bond donors (Lipinski definition) is 3. The topological polar surface area (TPSA) is 69.6 Å². The molecule has 2 unspecified atom stereocenters. The number of aliphatic hydroxyl groups excluding tert-OH is 2. The molecule has 0 spiro atoms. The van der Waals surface area contributed by atoms with Crippen molar-refractivity contribution in [3.63, 3.8) is 0 Å². The molecule has 1 amide bonds. The van der Waals surface area contributed by atoms with Crippen LogP contribution in [0, 0.1) is 0 Å². The molecule has 4 nitrogen and oxygen atoms in total. The summed E-state index contributed by atoms with van der Waals surface area (Å²) in [6.45, 7) is 4.29. The van der Waals surface area contributed by atoms with E-state index in [4.69, 9.17) is 0 Å². The first-order chi connectivity index (χ1) is 24.7. The van der Waals surface area contributed by atoms with Gasteiger partial charge in [-0.25, -0.2) is 0 Å². The van der Waals surface area contributed by atoms with Crippen LogP contribution in [0.1, 0.15) is 219 Å². The summed E-state index contributed by atoms with van der Waals surface area (Å²) in [5.41, 5.74) is 0. The van der Waals surface area contributed by atoms with Gasteiger partial charge in [-0.2, -0.15) is 0 Å². The van der Waals surface area contributed by atoms with Crippen molar-refractivity contribution < 1.29 is 15.0 Å². The van der Waals surface area contributed by atoms with Crippen LogP contribution in [0.25, 0.3) is 0 Å². The van der Waals surface area contributed by atoms with E-state index in [2.05, 4.69) is 55.6 Å². The smallest absolute Gasteiger partial charge is 0.220 e. The zero-order valence-electron chi connectivity index (χ0n) is 33.4. The predicted octanol–water partition coefficient (Wildman–Crippen LogP) is 13.6. The Balaban J connectivity index is 3.65. The minimum atomic E-state index is -0.870. The van der Waals surface area contributed by atoms with Gasteiger partial charge in [-0.15, -0.1) is 0 Å². The molecule has 0 aliphatic heterocycles. The number of nitrogens with one attached hydrogen (secondary N) is 1. The summed E-state index contributed by atoms with van der Waals surface area (Å²) in [5, 5.41) is 23.0. The van der Waals surface area contributed by atoms with Crippen LogP contribution >= 0.6 is 0 Å². The van der Waals surface area contributed by atoms with Crippen molar-refractivity contribution in [3.05, 3.63) is 48.6 Å². The minimum Gasteiger partial charge on any atom is -0.394 e. The van der Waals surface area contributed by atoms with Crippen molar-refractivity contribution >= 4 is 5.91 Å². The standard InChI is InChI=1S/C46H85NO3/c1-3-5-7-9-11-13-15-17-19-21-23-25-27-29-31-33-35-37-39-41-45(49)44(43-48)47-46(50)42-40-38-36-34-32-30-28-26-24-22-20-18-16-14-12-10-8-6-4-2/h18,20,23,25,31,33,39,41,44-45,48-49H,3-17,19,21-22,24,26-30,32,34-38,40,42-43H2,1-2H3,(H,47,50)/b20-18-,25-23+,33-31+,41-39+. The lowest BCUT2D eigenvalue weighted by molar-refractivity contribution is -0.123. The highest BCUT2D eigenvalue weighted by molar-refractivity contribution is 5.76. The summed E-state index contributed by atoms with van der Waals surface area (Å²) in [7, 11) is 0. The van der Waals surface area contributed by atoms with Crippen LogP contribution in [0.5, 0.6) is 0 Å². The summed E-state index contributed by atoms with van der Waals surface area (Å²) in [6, 6.07) is -0.646.